The van der Waals surface area contributed by atoms with E-state index in [0.717, 1.165) is 17.8 Å². The Bertz CT molecular complexity index is 1970. The quantitative estimate of drug-likeness (QED) is 0.184. The van der Waals surface area contributed by atoms with Crippen LogP contribution in [0.3, 0.4) is 0 Å². The number of anilines is 1. The number of carbonyl (C=O) groups is 1. The number of aromatic hydroxyl groups is 2. The number of rotatable bonds is 5. The fourth-order valence-electron chi connectivity index (χ4n) is 4.17. The van der Waals surface area contributed by atoms with Crippen LogP contribution in [-0.2, 0) is 0 Å². The molecule has 0 fully saturated rings. The summed E-state index contributed by atoms with van der Waals surface area (Å²) in [5, 5.41) is 31.3. The first-order valence-electron chi connectivity index (χ1n) is 12.1. The van der Waals surface area contributed by atoms with Crippen molar-refractivity contribution in [2.24, 2.45) is 0 Å². The van der Waals surface area contributed by atoms with Crippen LogP contribution in [0.25, 0.3) is 27.3 Å². The van der Waals surface area contributed by atoms with Crippen LogP contribution in [-0.4, -0.2) is 50.6 Å². The van der Waals surface area contributed by atoms with Gasteiger partial charge in [0.1, 0.15) is 34.7 Å². The van der Waals surface area contributed by atoms with E-state index in [1.807, 2.05) is 19.2 Å². The van der Waals surface area contributed by atoms with Gasteiger partial charge in [-0.2, -0.15) is 0 Å². The van der Waals surface area contributed by atoms with E-state index in [1.165, 1.54) is 35.9 Å². The maximum Gasteiger partial charge on any atom is 0.339 e. The molecule has 0 saturated heterocycles. The normalized spacial score (nSPS) is 11.7. The van der Waals surface area contributed by atoms with Gasteiger partial charge in [-0.1, -0.05) is 12.1 Å². The van der Waals surface area contributed by atoms with Crippen molar-refractivity contribution >= 4 is 39.2 Å². The lowest BCUT2D eigenvalue weighted by Crippen LogP contribution is -2.23. The second kappa shape index (κ2) is 11.0. The molecular formula is C27H22FN7O5S. The monoisotopic (exact) mass is 575 g/mol. The lowest BCUT2D eigenvalue weighted by Gasteiger charge is -2.18. The summed E-state index contributed by atoms with van der Waals surface area (Å²) >= 11 is 1.39. The van der Waals surface area contributed by atoms with Gasteiger partial charge in [0.15, 0.2) is 16.4 Å². The SMILES string of the molecule is Cc1csc2nc([C@H](C)Nc3ncnc4nc[nH]c34)c(-c3cccc(F)c3)c(=O)n12.O=C(O)c1cc(O)ccc1O. The van der Waals surface area contributed by atoms with Gasteiger partial charge in [-0.15, -0.1) is 11.3 Å². The summed E-state index contributed by atoms with van der Waals surface area (Å²) in [7, 11) is 0. The molecule has 4 heterocycles. The summed E-state index contributed by atoms with van der Waals surface area (Å²) < 4.78 is 15.5. The Labute approximate surface area is 234 Å². The third-order valence-electron chi connectivity index (χ3n) is 6.08. The number of aromatic amines is 1. The molecule has 0 aliphatic carbocycles. The number of hydrogen-bond acceptors (Lipinski definition) is 10. The zero-order chi connectivity index (χ0) is 29.3. The van der Waals surface area contributed by atoms with E-state index in [4.69, 9.17) is 20.3 Å². The molecule has 14 heteroatoms. The highest BCUT2D eigenvalue weighted by Crippen LogP contribution is 2.29. The van der Waals surface area contributed by atoms with E-state index >= 15 is 0 Å². The van der Waals surface area contributed by atoms with Gasteiger partial charge in [0, 0.05) is 11.1 Å². The van der Waals surface area contributed by atoms with Crippen molar-refractivity contribution in [2.75, 3.05) is 5.32 Å². The van der Waals surface area contributed by atoms with Crippen molar-refractivity contribution in [3.05, 3.63) is 93.6 Å². The number of phenols is 2. The van der Waals surface area contributed by atoms with Crippen LogP contribution in [0.4, 0.5) is 10.2 Å². The minimum absolute atomic E-state index is 0.180. The molecule has 2 aromatic carbocycles. The topological polar surface area (TPSA) is 179 Å². The van der Waals surface area contributed by atoms with E-state index in [9.17, 15) is 14.0 Å². The van der Waals surface area contributed by atoms with Crippen LogP contribution in [0.5, 0.6) is 11.5 Å². The number of halogens is 1. The molecule has 0 aliphatic heterocycles. The second-order valence-corrected chi connectivity index (χ2v) is 9.72. The fourth-order valence-corrected chi connectivity index (χ4v) is 5.03. The summed E-state index contributed by atoms with van der Waals surface area (Å²) in [6.07, 6.45) is 2.96. The molecule has 0 spiro atoms. The van der Waals surface area contributed by atoms with Crippen molar-refractivity contribution in [2.45, 2.75) is 19.9 Å². The number of H-pyrrole nitrogens is 1. The molecule has 6 rings (SSSR count). The Hall–Kier alpha value is -5.37. The van der Waals surface area contributed by atoms with Gasteiger partial charge < -0.3 is 25.6 Å². The Kier molecular flexibility index (Phi) is 7.31. The Balaban J connectivity index is 0.000000259. The Morgan fingerprint density at radius 2 is 1.95 bits per heavy atom. The molecule has 12 nitrogen and oxygen atoms in total. The van der Waals surface area contributed by atoms with Gasteiger partial charge in [0.05, 0.1) is 23.6 Å². The second-order valence-electron chi connectivity index (χ2n) is 8.88. The summed E-state index contributed by atoms with van der Waals surface area (Å²) in [5.74, 6) is -1.67. The van der Waals surface area contributed by atoms with Crippen molar-refractivity contribution in [3.8, 4) is 22.6 Å². The van der Waals surface area contributed by atoms with E-state index in [-0.39, 0.29) is 22.6 Å². The molecule has 0 saturated carbocycles. The minimum Gasteiger partial charge on any atom is -0.508 e. The van der Waals surface area contributed by atoms with E-state index < -0.39 is 17.8 Å². The van der Waals surface area contributed by atoms with E-state index in [0.29, 0.717) is 38.8 Å². The lowest BCUT2D eigenvalue weighted by atomic mass is 10.0. The zero-order valence-corrected chi connectivity index (χ0v) is 22.3. The molecule has 0 unspecified atom stereocenters. The number of imidazole rings is 1. The molecule has 5 N–H and O–H groups in total. The highest BCUT2D eigenvalue weighted by atomic mass is 32.1. The highest BCUT2D eigenvalue weighted by Gasteiger charge is 2.22. The molecule has 208 valence electrons. The summed E-state index contributed by atoms with van der Waals surface area (Å²) in [6.45, 7) is 3.73. The summed E-state index contributed by atoms with van der Waals surface area (Å²) in [5.41, 5.74) is 2.77. The third-order valence-corrected chi connectivity index (χ3v) is 7.02. The molecule has 0 bridgehead atoms. The van der Waals surface area contributed by atoms with Gasteiger partial charge in [-0.3, -0.25) is 9.20 Å². The van der Waals surface area contributed by atoms with Gasteiger partial charge >= 0.3 is 5.97 Å². The maximum atomic E-state index is 14.0. The number of thiazole rings is 1. The predicted octanol–water partition coefficient (Wildman–Crippen LogP) is 4.51. The number of benzene rings is 2. The largest absolute Gasteiger partial charge is 0.508 e. The standard InChI is InChI=1S/C20H16FN7OS.C7H6O4/c1-10-7-30-20-27-15(11(2)26-18-16-17(23-8-22-16)24-9-25-18)14(19(29)28(10)20)12-4-3-5-13(21)6-12;8-4-1-2-6(9)5(3-4)7(10)11/h3-9,11H,1-2H3,(H2,22,23,24,25,26);1-3,8-9H,(H,10,11)/t11-;/m0./s1. The van der Waals surface area contributed by atoms with E-state index in [1.54, 1.807) is 22.9 Å². The molecule has 0 radical (unpaired) electrons. The number of carboxylic acid groups (broad SMARTS) is 1. The molecule has 0 amide bonds. The number of phenolic OH excluding ortho intramolecular Hbond substituents is 1. The maximum absolute atomic E-state index is 14.0. The van der Waals surface area contributed by atoms with E-state index in [2.05, 4.69) is 25.3 Å². The van der Waals surface area contributed by atoms with Crippen LogP contribution < -0.4 is 10.9 Å². The van der Waals surface area contributed by atoms with Crippen LogP contribution in [0.2, 0.25) is 0 Å². The molecular weight excluding hydrogens is 553 g/mol. The first kappa shape index (κ1) is 27.2. The van der Waals surface area contributed by atoms with Crippen molar-refractivity contribution in [1.82, 2.24) is 29.3 Å². The van der Waals surface area contributed by atoms with Gasteiger partial charge in [0.25, 0.3) is 5.56 Å². The number of nitrogens with zero attached hydrogens (tertiary/aromatic N) is 5. The van der Waals surface area contributed by atoms with Gasteiger partial charge in [-0.25, -0.2) is 29.1 Å². The zero-order valence-electron chi connectivity index (χ0n) is 21.5. The predicted molar refractivity (Wildman–Crippen MR) is 150 cm³/mol. The third kappa shape index (κ3) is 5.40. The average molecular weight is 576 g/mol. The number of fused-ring (bicyclic) bond motifs is 2. The molecule has 4 aromatic heterocycles. The van der Waals surface area contributed by atoms with Crippen LogP contribution >= 0.6 is 11.3 Å². The molecule has 41 heavy (non-hydrogen) atoms. The van der Waals surface area contributed by atoms with Gasteiger partial charge in [-0.05, 0) is 49.7 Å². The number of aromatic carboxylic acids is 1. The average Bonchev–Trinajstić information content (AvgIpc) is 3.57. The van der Waals surface area contributed by atoms with Gasteiger partial charge in [0.2, 0.25) is 0 Å². The molecule has 1 atom stereocenters. The first-order valence-corrected chi connectivity index (χ1v) is 12.9. The van der Waals surface area contributed by atoms with Crippen molar-refractivity contribution in [1.29, 1.82) is 0 Å². The smallest absolute Gasteiger partial charge is 0.339 e. The lowest BCUT2D eigenvalue weighted by molar-refractivity contribution is 0.0693. The summed E-state index contributed by atoms with van der Waals surface area (Å²) in [4.78, 5) is 44.6. The minimum atomic E-state index is -1.27. The Morgan fingerprint density at radius 3 is 2.68 bits per heavy atom. The molecule has 6 aromatic rings. The molecule has 0 aliphatic rings. The number of aromatic nitrogens is 6. The highest BCUT2D eigenvalue weighted by molar-refractivity contribution is 7.15. The van der Waals surface area contributed by atoms with Crippen LogP contribution in [0, 0.1) is 12.7 Å². The van der Waals surface area contributed by atoms with Crippen molar-refractivity contribution in [3.63, 3.8) is 0 Å². The number of hydrogen-bond donors (Lipinski definition) is 5. The van der Waals surface area contributed by atoms with Crippen LogP contribution in [0.15, 0.2) is 65.3 Å². The van der Waals surface area contributed by atoms with Crippen LogP contribution in [0.1, 0.15) is 34.7 Å². The number of nitrogens with one attached hydrogen (secondary N) is 2. The number of carboxylic acids is 1. The fraction of sp³-hybridized carbons (Fsp3) is 0.111. The number of aryl methyl sites for hydroxylation is 1. The first-order chi connectivity index (χ1) is 19.6. The Morgan fingerprint density at radius 1 is 1.15 bits per heavy atom. The van der Waals surface area contributed by atoms with Crippen molar-refractivity contribution < 1.29 is 24.5 Å². The summed E-state index contributed by atoms with van der Waals surface area (Å²) in [6, 6.07) is 8.91.